The molecule has 5 unspecified atom stereocenters. The second kappa shape index (κ2) is 33.2. The molecule has 0 fully saturated rings. The van der Waals surface area contributed by atoms with E-state index in [1.54, 1.807) is 0 Å². The van der Waals surface area contributed by atoms with Crippen LogP contribution in [-0.2, 0) is 72.3 Å². The third kappa shape index (κ3) is 19.2. The summed E-state index contributed by atoms with van der Waals surface area (Å²) in [5.74, 6) is -10.6. The molecule has 0 spiro atoms. The Morgan fingerprint density at radius 2 is 1.10 bits per heavy atom. The number of carbonyl (C=O) groups excluding carboxylic acids is 2. The van der Waals surface area contributed by atoms with E-state index in [-0.39, 0.29) is 58.7 Å². The fourth-order valence-corrected chi connectivity index (χ4v) is 11.1. The molecule has 5 atom stereocenters. The number of halogens is 8. The maximum Gasteiger partial charge on any atom is 0.416 e. The van der Waals surface area contributed by atoms with Crippen molar-refractivity contribution in [3.63, 3.8) is 0 Å². The van der Waals surface area contributed by atoms with E-state index in [1.165, 1.54) is 36.4 Å². The minimum absolute atomic E-state index is 0.0339. The number of rotatable bonds is 26. The zero-order valence-corrected chi connectivity index (χ0v) is 53.5. The van der Waals surface area contributed by atoms with Crippen LogP contribution < -0.4 is 11.1 Å². The first-order chi connectivity index (χ1) is 59.7. The number of hydrogen-bond donors (Lipinski definition) is 0. The molecule has 4 aliphatic carbocycles. The Bertz CT molecular complexity index is 5750. The second-order valence-corrected chi connectivity index (χ2v) is 22.4. The molecule has 2 aromatic heterocycles. The lowest BCUT2D eigenvalue weighted by Crippen LogP contribution is -2.42. The smallest absolute Gasteiger partial charge is 0.336 e. The summed E-state index contributed by atoms with van der Waals surface area (Å²) < 4.78 is 421. The molecule has 2 heterocycles. The Kier molecular flexibility index (Phi) is 13.4. The van der Waals surface area contributed by atoms with Crippen molar-refractivity contribution in [2.45, 2.75) is 146 Å². The van der Waals surface area contributed by atoms with Crippen LogP contribution in [0, 0.1) is 23.4 Å². The first-order valence-electron chi connectivity index (χ1n) is 47.3. The number of nitrogens with zero attached hydrogens (tertiary/aromatic N) is 8. The number of alkyl halides is 6. The summed E-state index contributed by atoms with van der Waals surface area (Å²) in [5.41, 5.74) is -17.4. The molecule has 10 rings (SSSR count). The first kappa shape index (κ1) is 38.7. The predicted molar refractivity (Wildman–Crippen MR) is 363 cm³/mol. The Morgan fingerprint density at radius 1 is 0.604 bits per heavy atom. The molecule has 0 saturated heterocycles. The molecule has 0 radical (unpaired) electrons. The molecule has 6 aromatic rings. The maximum absolute atomic E-state index is 14.9. The Labute approximate surface area is 615 Å². The number of aromatic nitrogens is 4. The fourth-order valence-electron chi connectivity index (χ4n) is 9.72. The monoisotopic (exact) mass is 1400 g/mol. The molecule has 96 heavy (non-hydrogen) atoms. The normalized spacial score (nSPS) is 27.3. The van der Waals surface area contributed by atoms with E-state index in [4.69, 9.17) is 43.9 Å². The van der Waals surface area contributed by atoms with Crippen molar-refractivity contribution in [1.29, 1.82) is 0 Å². The number of carbonyl (C=O) groups is 2. The minimum atomic E-state index is -5.14. The van der Waals surface area contributed by atoms with E-state index in [1.807, 2.05) is 0 Å². The summed E-state index contributed by atoms with van der Waals surface area (Å²) in [6.45, 7) is -16.4. The average molecular weight is 1400 g/mol. The van der Waals surface area contributed by atoms with Gasteiger partial charge in [0, 0.05) is 106 Å². The van der Waals surface area contributed by atoms with E-state index in [2.05, 4.69) is 9.97 Å². The van der Waals surface area contributed by atoms with Crippen LogP contribution in [0.3, 0.4) is 0 Å². The van der Waals surface area contributed by atoms with E-state index in [0.29, 0.717) is 36.2 Å². The van der Waals surface area contributed by atoms with Crippen molar-refractivity contribution in [2.24, 2.45) is 11.8 Å². The molecule has 22 heteroatoms. The number of likely N-dealkylation sites (N-methyl/N-ethyl adjacent to an activating group) is 2. The number of hydrogen-bond acceptors (Lipinski definition) is 10. The van der Waals surface area contributed by atoms with Crippen molar-refractivity contribution < 1.29 is 94.1 Å². The maximum atomic E-state index is 14.9. The Hall–Kier alpha value is -7.40. The summed E-state index contributed by atoms with van der Waals surface area (Å²) >= 11 is -0.152. The average Bonchev–Trinajstić information content (AvgIpc) is 1.56. The van der Waals surface area contributed by atoms with E-state index in [9.17, 15) is 59.8 Å². The molecule has 2 amide bonds. The summed E-state index contributed by atoms with van der Waals surface area (Å²) in [6, 6.07) is -5.44. The van der Waals surface area contributed by atoms with Gasteiger partial charge in [-0.2, -0.15) is 36.3 Å². The van der Waals surface area contributed by atoms with Crippen molar-refractivity contribution in [1.82, 2.24) is 38.7 Å². The third-order valence-electron chi connectivity index (χ3n) is 14.5. The van der Waals surface area contributed by atoms with Crippen molar-refractivity contribution in [3.8, 4) is 11.1 Å². The standard InChI is InChI=1S/C37H40F4N4O2S.C37H44F4N4O2S/c1-4-43(5-2)18-19-44(22-26-6-10-28(11-7-26)29-12-14-30(15-13-29)37(39,40)41)34(46)23-45-33-21-25(3)20-32(33)35(47)42-36(45)48-24-27-8-16-31(38)17-9-27;1-4-43(5-2)19-20-44(22-26-9-13-28(14-10-26)29-15-18-32(25(3)21-29)37(39,40)41)34(46)23-45-33-8-6-7-31(33)35(47)42-36(45)48-24-27-11-16-30(38)17-12-27/h6-17,25H,4-5,18-24H2,1-3H3;9,11-13,15-18,25H,4-8,10,14,19-24H2,1-3H3/i4D2,5D2,8D,9D,16D,17D,20D2,21D2,22D2,24D2,25D;4D2,5D2,9D,10D,11D,12D,13D,14D,15D,16D,17D,18D,21D,22D2,24D2. The highest BCUT2D eigenvalue weighted by atomic mass is 32.2. The lowest BCUT2D eigenvalue weighted by Gasteiger charge is -2.30. The molecular formula is C74H84F8N8O4S2. The number of allylic oxidation sites excluding steroid dienone is 7. The Morgan fingerprint density at radius 3 is 1.62 bits per heavy atom. The van der Waals surface area contributed by atoms with Gasteiger partial charge in [0.2, 0.25) is 11.8 Å². The van der Waals surface area contributed by atoms with Crippen molar-refractivity contribution in [2.75, 3.05) is 58.7 Å². The van der Waals surface area contributed by atoms with Crippen molar-refractivity contribution >= 4 is 35.3 Å². The van der Waals surface area contributed by atoms with Gasteiger partial charge >= 0.3 is 12.4 Å². The molecule has 0 N–H and O–H groups in total. The Balaban J connectivity index is 0.000000297. The molecule has 12 nitrogen and oxygen atoms in total. The van der Waals surface area contributed by atoms with Gasteiger partial charge in [0.05, 0.1) is 27.5 Å². The van der Waals surface area contributed by atoms with Gasteiger partial charge in [-0.1, -0.05) is 155 Å². The van der Waals surface area contributed by atoms with Gasteiger partial charge in [-0.15, -0.1) is 0 Å². The quantitative estimate of drug-likeness (QED) is 0.0295. The lowest BCUT2D eigenvalue weighted by atomic mass is 9.82. The van der Waals surface area contributed by atoms with Gasteiger partial charge in [0.25, 0.3) is 11.1 Å². The lowest BCUT2D eigenvalue weighted by molar-refractivity contribution is -0.137. The summed E-state index contributed by atoms with van der Waals surface area (Å²) in [5, 5.41) is -1.59. The summed E-state index contributed by atoms with van der Waals surface area (Å²) in [7, 11) is 0. The molecule has 4 aliphatic rings. The zero-order valence-electron chi connectivity index (χ0n) is 87.8. The highest BCUT2D eigenvalue weighted by molar-refractivity contribution is 7.98. The zero-order chi connectivity index (χ0) is 101. The SMILES string of the molecule is [2H]C1=C(C2=C([2H])C([2H])=C(C(F)(F)F)C(C)C2[2H])C([2H])C([2H])C(C([2H])([2H])N(CCN(C([2H])([2H])C)C([2H])([2H])C)C(=O)Cn2c(SC([2H])([2H])c3c([2H])c([2H])c(F)c([2H])c3[2H])nc(=O)c3c2CCC3)=C1[2H].[2H]c1c([2H])c(C([2H])([2H])Sc2nc(=O)c3c(n2CC(=O)N(CCN(C([2H])([2H])C)C([2H])([2H])C)C([2H])([2H])c2ccc(-c4ccc(C(F)(F)F)cc4)cc2)C([2H])([2H])C([2H])(C)C3([2H])[2H])c([2H])c([2H])c1F. The van der Waals surface area contributed by atoms with Crippen LogP contribution in [0.2, 0.25) is 0 Å². The van der Waals surface area contributed by atoms with Crippen LogP contribution in [0.1, 0.15) is 161 Å². The van der Waals surface area contributed by atoms with Gasteiger partial charge in [0.1, 0.15) is 24.7 Å². The second-order valence-electron chi connectivity index (χ2n) is 20.8. The largest absolute Gasteiger partial charge is 0.416 e. The third-order valence-corrected chi connectivity index (χ3v) is 16.1. The molecule has 4 aromatic carbocycles. The molecule has 0 aliphatic heterocycles. The number of amides is 2. The molecule has 0 saturated carbocycles. The number of benzene rings is 4. The van der Waals surface area contributed by atoms with Crippen molar-refractivity contribution in [3.05, 3.63) is 220 Å². The highest BCUT2D eigenvalue weighted by Gasteiger charge is 2.38. The minimum Gasteiger partial charge on any atom is -0.336 e. The van der Waals surface area contributed by atoms with Gasteiger partial charge in [0.15, 0.2) is 10.3 Å². The molecule has 0 bridgehead atoms. The predicted octanol–water partition coefficient (Wildman–Crippen LogP) is 14.9. The van der Waals surface area contributed by atoms with Crippen LogP contribution in [0.4, 0.5) is 35.1 Å². The van der Waals surface area contributed by atoms with E-state index >= 15 is 0 Å². The van der Waals surface area contributed by atoms with E-state index in [0.717, 1.165) is 58.2 Å². The fraction of sp³-hybridized carbons (Fsp3) is 0.432. The van der Waals surface area contributed by atoms with E-state index < -0.39 is 313 Å². The van der Waals surface area contributed by atoms with Crippen LogP contribution in [0.15, 0.2) is 163 Å². The first-order valence-corrected chi connectivity index (χ1v) is 30.7. The summed E-state index contributed by atoms with van der Waals surface area (Å²) in [6.07, 6.45) is -22.3. The summed E-state index contributed by atoms with van der Waals surface area (Å²) in [4.78, 5) is 66.4. The van der Waals surface area contributed by atoms with Gasteiger partial charge in [-0.25, -0.2) is 8.78 Å². The number of thioether (sulfide) groups is 2. The molecule has 512 valence electrons. The van der Waals surface area contributed by atoms with Gasteiger partial charge in [-0.05, 0) is 164 Å². The van der Waals surface area contributed by atoms with Crippen LogP contribution in [-0.4, -0.2) is 115 Å². The van der Waals surface area contributed by atoms with Crippen LogP contribution >= 0.6 is 23.5 Å². The topological polar surface area (TPSA) is 117 Å². The highest BCUT2D eigenvalue weighted by Crippen LogP contribution is 2.41. The van der Waals surface area contributed by atoms with Gasteiger partial charge in [-0.3, -0.25) is 19.2 Å². The molecular weight excluding hydrogens is 1280 g/mol. The van der Waals surface area contributed by atoms with Crippen LogP contribution in [0.5, 0.6) is 0 Å². The van der Waals surface area contributed by atoms with Gasteiger partial charge < -0.3 is 28.7 Å². The van der Waals surface area contributed by atoms with Crippen LogP contribution in [0.25, 0.3) is 11.1 Å². The number of fused-ring (bicyclic) bond motifs is 2.